The molecule has 0 amide bonds. The normalized spacial score (nSPS) is 25.3. The van der Waals surface area contributed by atoms with Gasteiger partial charge >= 0.3 is 0 Å². The summed E-state index contributed by atoms with van der Waals surface area (Å²) in [6.45, 7) is 0. The van der Waals surface area contributed by atoms with Gasteiger partial charge in [0, 0.05) is 13.2 Å². The van der Waals surface area contributed by atoms with Crippen LogP contribution in [0.4, 0.5) is 0 Å². The highest BCUT2D eigenvalue weighted by molar-refractivity contribution is 7.91. The second-order valence-electron chi connectivity index (χ2n) is 3.92. The van der Waals surface area contributed by atoms with Crippen LogP contribution in [0.15, 0.2) is 10.4 Å². The molecule has 0 aliphatic heterocycles. The summed E-state index contributed by atoms with van der Waals surface area (Å²) in [6.07, 6.45) is 3.81. The third-order valence-electron chi connectivity index (χ3n) is 2.76. The monoisotopic (exact) mass is 296 g/mol. The fourth-order valence-electron chi connectivity index (χ4n) is 1.90. The van der Waals surface area contributed by atoms with E-state index in [1.165, 1.54) is 6.20 Å². The molecule has 1 aliphatic rings. The number of aromatic nitrogens is 1. The predicted octanol–water partition coefficient (Wildman–Crippen LogP) is 1.64. The molecule has 1 saturated carbocycles. The lowest BCUT2D eigenvalue weighted by Crippen LogP contribution is -2.33. The average molecular weight is 297 g/mol. The fourth-order valence-corrected chi connectivity index (χ4v) is 4.49. The molecule has 2 unspecified atom stereocenters. The van der Waals surface area contributed by atoms with Crippen LogP contribution in [-0.4, -0.2) is 32.7 Å². The minimum Gasteiger partial charge on any atom is -0.381 e. The Kier molecular flexibility index (Phi) is 4.04. The summed E-state index contributed by atoms with van der Waals surface area (Å²) in [5.74, 6) is 0. The molecule has 1 aromatic heterocycles. The highest BCUT2D eigenvalue weighted by Crippen LogP contribution is 2.26. The van der Waals surface area contributed by atoms with E-state index in [1.807, 2.05) is 0 Å². The average Bonchev–Trinajstić information content (AvgIpc) is 2.86. The van der Waals surface area contributed by atoms with Crippen molar-refractivity contribution in [2.75, 3.05) is 7.11 Å². The Morgan fingerprint density at radius 3 is 2.88 bits per heavy atom. The first kappa shape index (κ1) is 13.2. The Morgan fingerprint density at radius 2 is 2.35 bits per heavy atom. The first-order chi connectivity index (χ1) is 8.01. The van der Waals surface area contributed by atoms with Crippen molar-refractivity contribution in [3.8, 4) is 0 Å². The predicted molar refractivity (Wildman–Crippen MR) is 65.9 cm³/mol. The zero-order valence-corrected chi connectivity index (χ0v) is 11.6. The standard InChI is InChI=1S/C9H13ClN2O3S2/c1-15-7-3-2-6(4-7)12-17(13,14)8-5-11-9(10)16-8/h5-7,12H,2-4H2,1H3. The number of halogens is 1. The number of ether oxygens (including phenoxy) is 1. The number of hydrogen-bond acceptors (Lipinski definition) is 5. The molecule has 0 saturated heterocycles. The molecule has 0 radical (unpaired) electrons. The third-order valence-corrected chi connectivity index (χ3v) is 5.86. The van der Waals surface area contributed by atoms with Gasteiger partial charge in [0.1, 0.15) is 0 Å². The second kappa shape index (κ2) is 5.19. The minimum absolute atomic E-state index is 0.0641. The molecule has 2 rings (SSSR count). The summed E-state index contributed by atoms with van der Waals surface area (Å²) < 4.78 is 32.1. The Balaban J connectivity index is 2.03. The van der Waals surface area contributed by atoms with Crippen molar-refractivity contribution in [2.24, 2.45) is 0 Å². The molecule has 2 atom stereocenters. The Labute approximate surface area is 109 Å². The lowest BCUT2D eigenvalue weighted by Gasteiger charge is -2.11. The van der Waals surface area contributed by atoms with Crippen molar-refractivity contribution < 1.29 is 13.2 Å². The zero-order chi connectivity index (χ0) is 12.5. The van der Waals surface area contributed by atoms with Gasteiger partial charge in [-0.15, -0.1) is 0 Å². The highest BCUT2D eigenvalue weighted by atomic mass is 35.5. The molecule has 17 heavy (non-hydrogen) atoms. The zero-order valence-electron chi connectivity index (χ0n) is 9.22. The molecule has 1 aliphatic carbocycles. The summed E-state index contributed by atoms with van der Waals surface area (Å²) in [4.78, 5) is 3.73. The molecule has 0 spiro atoms. The summed E-state index contributed by atoms with van der Waals surface area (Å²) in [6, 6.07) is -0.0641. The summed E-state index contributed by atoms with van der Waals surface area (Å²) in [5.41, 5.74) is 0. The van der Waals surface area contributed by atoms with Crippen molar-refractivity contribution in [1.82, 2.24) is 9.71 Å². The van der Waals surface area contributed by atoms with Crippen LogP contribution < -0.4 is 4.72 Å². The number of nitrogens with zero attached hydrogens (tertiary/aromatic N) is 1. The van der Waals surface area contributed by atoms with Crippen LogP contribution in [-0.2, 0) is 14.8 Å². The van der Waals surface area contributed by atoms with E-state index in [1.54, 1.807) is 7.11 Å². The molecular weight excluding hydrogens is 284 g/mol. The molecular formula is C9H13ClN2O3S2. The van der Waals surface area contributed by atoms with E-state index < -0.39 is 10.0 Å². The van der Waals surface area contributed by atoms with E-state index in [2.05, 4.69) is 9.71 Å². The molecule has 1 aromatic rings. The van der Waals surface area contributed by atoms with Crippen molar-refractivity contribution in [3.05, 3.63) is 10.7 Å². The fraction of sp³-hybridized carbons (Fsp3) is 0.667. The first-order valence-corrected chi connectivity index (χ1v) is 7.85. The van der Waals surface area contributed by atoms with Gasteiger partial charge in [0.15, 0.2) is 8.68 Å². The van der Waals surface area contributed by atoms with Crippen LogP contribution in [0.2, 0.25) is 4.47 Å². The van der Waals surface area contributed by atoms with Gasteiger partial charge in [-0.25, -0.2) is 18.1 Å². The number of nitrogens with one attached hydrogen (secondary N) is 1. The van der Waals surface area contributed by atoms with Gasteiger partial charge in [-0.05, 0) is 19.3 Å². The lowest BCUT2D eigenvalue weighted by molar-refractivity contribution is 0.107. The number of sulfonamides is 1. The van der Waals surface area contributed by atoms with Gasteiger partial charge in [0.25, 0.3) is 10.0 Å². The molecule has 5 nitrogen and oxygen atoms in total. The molecule has 1 heterocycles. The number of methoxy groups -OCH3 is 1. The largest absolute Gasteiger partial charge is 0.381 e. The number of hydrogen-bond donors (Lipinski definition) is 1. The van der Waals surface area contributed by atoms with E-state index in [0.29, 0.717) is 6.42 Å². The quantitative estimate of drug-likeness (QED) is 0.917. The molecule has 0 aromatic carbocycles. The smallest absolute Gasteiger partial charge is 0.251 e. The molecule has 1 N–H and O–H groups in total. The summed E-state index contributed by atoms with van der Waals surface area (Å²) in [5, 5.41) is 0. The van der Waals surface area contributed by atoms with Gasteiger partial charge in [-0.3, -0.25) is 0 Å². The van der Waals surface area contributed by atoms with E-state index in [4.69, 9.17) is 16.3 Å². The van der Waals surface area contributed by atoms with E-state index in [0.717, 1.165) is 24.2 Å². The number of rotatable bonds is 4. The topological polar surface area (TPSA) is 68.3 Å². The number of thiazole rings is 1. The van der Waals surface area contributed by atoms with E-state index >= 15 is 0 Å². The van der Waals surface area contributed by atoms with Crippen LogP contribution in [0.5, 0.6) is 0 Å². The van der Waals surface area contributed by atoms with Crippen molar-refractivity contribution in [3.63, 3.8) is 0 Å². The van der Waals surface area contributed by atoms with Gasteiger partial charge in [-0.1, -0.05) is 22.9 Å². The van der Waals surface area contributed by atoms with Crippen LogP contribution in [0.1, 0.15) is 19.3 Å². The van der Waals surface area contributed by atoms with E-state index in [-0.39, 0.29) is 20.8 Å². The Bertz CT molecular complexity index is 488. The highest BCUT2D eigenvalue weighted by Gasteiger charge is 2.29. The van der Waals surface area contributed by atoms with E-state index in [9.17, 15) is 8.42 Å². The second-order valence-corrected chi connectivity index (χ2v) is 7.47. The van der Waals surface area contributed by atoms with Crippen molar-refractivity contribution in [2.45, 2.75) is 35.6 Å². The first-order valence-electron chi connectivity index (χ1n) is 5.17. The minimum atomic E-state index is -3.49. The maximum absolute atomic E-state index is 12.0. The maximum Gasteiger partial charge on any atom is 0.251 e. The third kappa shape index (κ3) is 3.17. The summed E-state index contributed by atoms with van der Waals surface area (Å²) in [7, 11) is -1.85. The molecule has 0 bridgehead atoms. The van der Waals surface area contributed by atoms with Gasteiger partial charge < -0.3 is 4.74 Å². The van der Waals surface area contributed by atoms with Crippen molar-refractivity contribution >= 4 is 33.0 Å². The lowest BCUT2D eigenvalue weighted by atomic mass is 10.3. The van der Waals surface area contributed by atoms with Crippen LogP contribution in [0.25, 0.3) is 0 Å². The maximum atomic E-state index is 12.0. The van der Waals surface area contributed by atoms with Gasteiger partial charge in [0.05, 0.1) is 12.3 Å². The summed E-state index contributed by atoms with van der Waals surface area (Å²) >= 11 is 6.58. The Morgan fingerprint density at radius 1 is 1.59 bits per heavy atom. The molecule has 8 heteroatoms. The molecule has 1 fully saturated rings. The van der Waals surface area contributed by atoms with Gasteiger partial charge in [-0.2, -0.15) is 0 Å². The Hall–Kier alpha value is -0.210. The SMILES string of the molecule is COC1CCC(NS(=O)(=O)c2cnc(Cl)s2)C1. The van der Waals surface area contributed by atoms with Crippen LogP contribution in [0.3, 0.4) is 0 Å². The van der Waals surface area contributed by atoms with Crippen molar-refractivity contribution in [1.29, 1.82) is 0 Å². The molecule has 96 valence electrons. The van der Waals surface area contributed by atoms with Gasteiger partial charge in [0.2, 0.25) is 0 Å². The van der Waals surface area contributed by atoms with Crippen LogP contribution >= 0.6 is 22.9 Å². The van der Waals surface area contributed by atoms with Crippen LogP contribution in [0, 0.1) is 0 Å².